The molecular weight excluding hydrogens is 274 g/mol. The van der Waals surface area contributed by atoms with E-state index < -0.39 is 11.0 Å². The molecule has 0 aliphatic carbocycles. The van der Waals surface area contributed by atoms with Gasteiger partial charge in [0.1, 0.15) is 11.4 Å². The van der Waals surface area contributed by atoms with Crippen LogP contribution in [-0.4, -0.2) is 64.0 Å². The van der Waals surface area contributed by atoms with E-state index in [0.29, 0.717) is 17.9 Å². The Kier molecular flexibility index (Phi) is 6.25. The maximum Gasteiger partial charge on any atom is 0.312 e. The number of hydrogen-bond acceptors (Lipinski definition) is 6. The van der Waals surface area contributed by atoms with Crippen LogP contribution in [-0.2, 0) is 6.54 Å². The molecule has 8 nitrogen and oxygen atoms in total. The third-order valence-corrected chi connectivity index (χ3v) is 3.25. The van der Waals surface area contributed by atoms with Crippen LogP contribution in [0.25, 0.3) is 0 Å². The van der Waals surface area contributed by atoms with Crippen LogP contribution in [0.3, 0.4) is 0 Å². The SMILES string of the molecule is Cc1nn(CC(O)CNC(C)CN(C)C)c(C)c1[N+](=O)[O-]. The van der Waals surface area contributed by atoms with Gasteiger partial charge >= 0.3 is 5.69 Å². The minimum absolute atomic E-state index is 0.0242. The monoisotopic (exact) mass is 299 g/mol. The fourth-order valence-electron chi connectivity index (χ4n) is 2.34. The number of aliphatic hydroxyl groups is 1. The molecule has 0 radical (unpaired) electrons. The molecule has 1 heterocycles. The zero-order valence-corrected chi connectivity index (χ0v) is 13.3. The molecule has 0 spiro atoms. The summed E-state index contributed by atoms with van der Waals surface area (Å²) in [6.07, 6.45) is -0.646. The molecule has 0 fully saturated rings. The molecule has 0 saturated heterocycles. The highest BCUT2D eigenvalue weighted by molar-refractivity contribution is 5.39. The van der Waals surface area contributed by atoms with Crippen LogP contribution in [0.4, 0.5) is 5.69 Å². The van der Waals surface area contributed by atoms with Gasteiger partial charge in [-0.2, -0.15) is 5.10 Å². The van der Waals surface area contributed by atoms with Crippen molar-refractivity contribution in [2.45, 2.75) is 39.5 Å². The quantitative estimate of drug-likeness (QED) is 0.530. The predicted octanol–water partition coefficient (Wildman–Crippen LogP) is 0.309. The van der Waals surface area contributed by atoms with Crippen LogP contribution >= 0.6 is 0 Å². The molecule has 8 heteroatoms. The normalized spacial score (nSPS) is 14.4. The lowest BCUT2D eigenvalue weighted by molar-refractivity contribution is -0.386. The molecule has 1 aromatic heterocycles. The van der Waals surface area contributed by atoms with Crippen molar-refractivity contribution in [3.63, 3.8) is 0 Å². The summed E-state index contributed by atoms with van der Waals surface area (Å²) in [7, 11) is 3.98. The first-order valence-electron chi connectivity index (χ1n) is 6.97. The lowest BCUT2D eigenvalue weighted by atomic mass is 10.2. The topological polar surface area (TPSA) is 96.5 Å². The molecule has 0 amide bonds. The van der Waals surface area contributed by atoms with Gasteiger partial charge in [-0.15, -0.1) is 0 Å². The highest BCUT2D eigenvalue weighted by Gasteiger charge is 2.22. The molecule has 0 bridgehead atoms. The van der Waals surface area contributed by atoms with Gasteiger partial charge in [0.25, 0.3) is 0 Å². The molecule has 0 aliphatic rings. The average molecular weight is 299 g/mol. The minimum Gasteiger partial charge on any atom is -0.390 e. The molecule has 2 N–H and O–H groups in total. The summed E-state index contributed by atoms with van der Waals surface area (Å²) in [4.78, 5) is 12.6. The Morgan fingerprint density at radius 1 is 1.48 bits per heavy atom. The van der Waals surface area contributed by atoms with Crippen molar-refractivity contribution in [2.24, 2.45) is 0 Å². The predicted molar refractivity (Wildman–Crippen MR) is 80.4 cm³/mol. The number of aliphatic hydroxyl groups excluding tert-OH is 1. The van der Waals surface area contributed by atoms with E-state index in [9.17, 15) is 15.2 Å². The third kappa shape index (κ3) is 5.07. The summed E-state index contributed by atoms with van der Waals surface area (Å²) in [6.45, 7) is 6.82. The Morgan fingerprint density at radius 3 is 2.57 bits per heavy atom. The first-order chi connectivity index (χ1) is 9.72. The maximum absolute atomic E-state index is 10.9. The number of likely N-dealkylation sites (N-methyl/N-ethyl adjacent to an activating group) is 1. The number of aromatic nitrogens is 2. The molecule has 0 aliphatic heterocycles. The van der Waals surface area contributed by atoms with Crippen molar-refractivity contribution in [3.8, 4) is 0 Å². The van der Waals surface area contributed by atoms with Crippen molar-refractivity contribution in [1.29, 1.82) is 0 Å². The summed E-state index contributed by atoms with van der Waals surface area (Å²) < 4.78 is 1.50. The standard InChI is InChI=1S/C13H25N5O3/c1-9(7-16(4)5)14-6-12(19)8-17-11(3)13(18(20)21)10(2)15-17/h9,12,14,19H,6-8H2,1-5H3. The van der Waals surface area contributed by atoms with Crippen molar-refractivity contribution in [3.05, 3.63) is 21.5 Å². The summed E-state index contributed by atoms with van der Waals surface area (Å²) >= 11 is 0. The van der Waals surface area contributed by atoms with E-state index in [1.165, 1.54) is 4.68 Å². The molecule has 0 saturated carbocycles. The van der Waals surface area contributed by atoms with Crippen LogP contribution in [0.15, 0.2) is 0 Å². The second-order valence-corrected chi connectivity index (χ2v) is 5.68. The van der Waals surface area contributed by atoms with Crippen LogP contribution < -0.4 is 5.32 Å². The Morgan fingerprint density at radius 2 is 2.10 bits per heavy atom. The second-order valence-electron chi connectivity index (χ2n) is 5.68. The van der Waals surface area contributed by atoms with Gasteiger partial charge in [0.2, 0.25) is 0 Å². The van der Waals surface area contributed by atoms with Crippen molar-refractivity contribution in [2.75, 3.05) is 27.2 Å². The third-order valence-electron chi connectivity index (χ3n) is 3.25. The minimum atomic E-state index is -0.646. The highest BCUT2D eigenvalue weighted by Crippen LogP contribution is 2.21. The lowest BCUT2D eigenvalue weighted by Crippen LogP contribution is -2.41. The number of aryl methyl sites for hydroxylation is 1. The highest BCUT2D eigenvalue weighted by atomic mass is 16.6. The zero-order valence-electron chi connectivity index (χ0n) is 13.3. The number of nitrogens with one attached hydrogen (secondary N) is 1. The number of hydrogen-bond donors (Lipinski definition) is 2. The smallest absolute Gasteiger partial charge is 0.312 e. The molecule has 1 rings (SSSR count). The Hall–Kier alpha value is -1.51. The largest absolute Gasteiger partial charge is 0.390 e. The zero-order chi connectivity index (χ0) is 16.2. The fourth-order valence-corrected chi connectivity index (χ4v) is 2.34. The van der Waals surface area contributed by atoms with Gasteiger partial charge in [-0.3, -0.25) is 14.8 Å². The van der Waals surface area contributed by atoms with E-state index >= 15 is 0 Å². The molecule has 0 aromatic carbocycles. The summed E-state index contributed by atoms with van der Waals surface area (Å²) in [5.41, 5.74) is 0.868. The van der Waals surface area contributed by atoms with Gasteiger partial charge in [0.15, 0.2) is 0 Å². The van der Waals surface area contributed by atoms with Crippen LogP contribution in [0.5, 0.6) is 0 Å². The van der Waals surface area contributed by atoms with Crippen LogP contribution in [0.2, 0.25) is 0 Å². The fraction of sp³-hybridized carbons (Fsp3) is 0.769. The Balaban J connectivity index is 2.58. The van der Waals surface area contributed by atoms with Crippen LogP contribution in [0, 0.1) is 24.0 Å². The van der Waals surface area contributed by atoms with E-state index in [0.717, 1.165) is 6.54 Å². The first kappa shape index (κ1) is 17.5. The van der Waals surface area contributed by atoms with Crippen LogP contribution in [0.1, 0.15) is 18.3 Å². The van der Waals surface area contributed by atoms with E-state index in [1.54, 1.807) is 13.8 Å². The Labute approximate surface area is 124 Å². The molecule has 2 atom stereocenters. The Bertz CT molecular complexity index is 486. The van der Waals surface area contributed by atoms with Gasteiger partial charge in [0.05, 0.1) is 17.6 Å². The first-order valence-corrected chi connectivity index (χ1v) is 6.97. The van der Waals surface area contributed by atoms with Gasteiger partial charge in [-0.25, -0.2) is 0 Å². The molecule has 2 unspecified atom stereocenters. The number of nitrogens with zero attached hydrogens (tertiary/aromatic N) is 4. The second kappa shape index (κ2) is 7.48. The van der Waals surface area contributed by atoms with Crippen molar-refractivity contribution >= 4 is 5.69 Å². The molecule has 1 aromatic rings. The maximum atomic E-state index is 10.9. The number of nitro groups is 1. The van der Waals surface area contributed by atoms with Gasteiger partial charge in [-0.1, -0.05) is 0 Å². The lowest BCUT2D eigenvalue weighted by Gasteiger charge is -2.20. The van der Waals surface area contributed by atoms with Crippen molar-refractivity contribution in [1.82, 2.24) is 20.0 Å². The van der Waals surface area contributed by atoms with Gasteiger partial charge in [-0.05, 0) is 34.9 Å². The molecular formula is C13H25N5O3. The van der Waals surface area contributed by atoms with E-state index in [4.69, 9.17) is 0 Å². The molecule has 120 valence electrons. The average Bonchev–Trinajstić information content (AvgIpc) is 2.61. The van der Waals surface area contributed by atoms with E-state index in [1.807, 2.05) is 21.0 Å². The van der Waals surface area contributed by atoms with Gasteiger partial charge < -0.3 is 15.3 Å². The summed E-state index contributed by atoms with van der Waals surface area (Å²) in [5, 5.41) is 28.3. The summed E-state index contributed by atoms with van der Waals surface area (Å²) in [6, 6.07) is 0.254. The summed E-state index contributed by atoms with van der Waals surface area (Å²) in [5.74, 6) is 0. The van der Waals surface area contributed by atoms with Crippen molar-refractivity contribution < 1.29 is 10.0 Å². The molecule has 21 heavy (non-hydrogen) atoms. The van der Waals surface area contributed by atoms with E-state index in [2.05, 4.69) is 15.3 Å². The van der Waals surface area contributed by atoms with E-state index in [-0.39, 0.29) is 18.3 Å². The number of rotatable bonds is 8. The van der Waals surface area contributed by atoms with Gasteiger partial charge in [0, 0.05) is 19.1 Å².